The molecule has 1 rings (SSSR count). The van der Waals surface area contributed by atoms with Crippen molar-refractivity contribution in [1.29, 1.82) is 0 Å². The van der Waals surface area contributed by atoms with Crippen molar-refractivity contribution in [3.8, 4) is 5.75 Å². The Bertz CT molecular complexity index is 402. The quantitative estimate of drug-likeness (QED) is 0.506. The first-order chi connectivity index (χ1) is 7.59. The number of rotatable bonds is 5. The fraction of sp³-hybridized carbons (Fsp3) is 0.273. The first-order valence-electron chi connectivity index (χ1n) is 4.91. The zero-order valence-corrected chi connectivity index (χ0v) is 9.10. The van der Waals surface area contributed by atoms with Gasteiger partial charge in [0, 0.05) is 11.3 Å². The van der Waals surface area contributed by atoms with Gasteiger partial charge in [-0.05, 0) is 13.0 Å². The van der Waals surface area contributed by atoms with Gasteiger partial charge in [0.1, 0.15) is 5.75 Å². The van der Waals surface area contributed by atoms with E-state index in [1.807, 2.05) is 6.07 Å². The molecule has 0 atom stereocenters. The Kier molecular flexibility index (Phi) is 4.32. The van der Waals surface area contributed by atoms with Crippen molar-refractivity contribution in [2.24, 2.45) is 10.8 Å². The van der Waals surface area contributed by atoms with Crippen LogP contribution in [0, 0.1) is 0 Å². The number of benzene rings is 1. The number of primary amides is 1. The van der Waals surface area contributed by atoms with Crippen LogP contribution in [0.3, 0.4) is 0 Å². The summed E-state index contributed by atoms with van der Waals surface area (Å²) in [4.78, 5) is 10.6. The van der Waals surface area contributed by atoms with Gasteiger partial charge in [0.2, 0.25) is 5.91 Å². The molecule has 0 aromatic heterocycles. The summed E-state index contributed by atoms with van der Waals surface area (Å²) in [5.74, 6) is -0.191. The van der Waals surface area contributed by atoms with E-state index in [4.69, 9.17) is 5.73 Å². The summed E-state index contributed by atoms with van der Waals surface area (Å²) >= 11 is 0. The van der Waals surface area contributed by atoms with Gasteiger partial charge >= 0.3 is 0 Å². The number of hydrogen-bond acceptors (Lipinski definition) is 4. The van der Waals surface area contributed by atoms with Crippen LogP contribution < -0.4 is 11.2 Å². The van der Waals surface area contributed by atoms with E-state index < -0.39 is 5.91 Å². The lowest BCUT2D eigenvalue weighted by Crippen LogP contribution is -2.17. The van der Waals surface area contributed by atoms with Crippen molar-refractivity contribution in [2.45, 2.75) is 19.9 Å². The van der Waals surface area contributed by atoms with Crippen LogP contribution >= 0.6 is 0 Å². The summed E-state index contributed by atoms with van der Waals surface area (Å²) in [5.41, 5.74) is 9.14. The second-order valence-corrected chi connectivity index (χ2v) is 3.45. The molecular formula is C11H15N3O2. The fourth-order valence-electron chi connectivity index (χ4n) is 1.21. The third-order valence-electron chi connectivity index (χ3n) is 1.96. The Hall–Kier alpha value is -2.04. The molecule has 16 heavy (non-hydrogen) atoms. The molecule has 0 aliphatic heterocycles. The number of nitrogens with one attached hydrogen (secondary N) is 1. The molecule has 1 amide bonds. The molecule has 4 N–H and O–H groups in total. The molecule has 0 aliphatic rings. The number of carbonyl (C=O) groups is 1. The van der Waals surface area contributed by atoms with Gasteiger partial charge in [-0.1, -0.05) is 18.2 Å². The molecule has 5 heteroatoms. The summed E-state index contributed by atoms with van der Waals surface area (Å²) in [7, 11) is 0. The molecule has 0 aliphatic carbocycles. The van der Waals surface area contributed by atoms with Crippen molar-refractivity contribution in [3.63, 3.8) is 0 Å². The first kappa shape index (κ1) is 12.0. The van der Waals surface area contributed by atoms with Gasteiger partial charge in [0.05, 0.1) is 13.0 Å². The monoisotopic (exact) mass is 221 g/mol. The number of amides is 1. The number of nitrogens with two attached hydrogens (primary N) is 1. The van der Waals surface area contributed by atoms with E-state index in [2.05, 4.69) is 10.5 Å². The summed E-state index contributed by atoms with van der Waals surface area (Å²) in [5, 5.41) is 13.4. The van der Waals surface area contributed by atoms with Crippen molar-refractivity contribution in [3.05, 3.63) is 29.8 Å². The molecule has 5 nitrogen and oxygen atoms in total. The molecule has 0 heterocycles. The van der Waals surface area contributed by atoms with E-state index in [-0.39, 0.29) is 12.2 Å². The predicted molar refractivity (Wildman–Crippen MR) is 61.9 cm³/mol. The van der Waals surface area contributed by atoms with E-state index in [0.29, 0.717) is 12.3 Å². The molecule has 0 radical (unpaired) electrons. The summed E-state index contributed by atoms with van der Waals surface area (Å²) in [6, 6.07) is 6.98. The Morgan fingerprint density at radius 3 is 2.81 bits per heavy atom. The lowest BCUT2D eigenvalue weighted by Gasteiger charge is -2.04. The van der Waals surface area contributed by atoms with Crippen molar-refractivity contribution >= 4 is 11.6 Å². The topological polar surface area (TPSA) is 87.7 Å². The molecule has 1 aromatic carbocycles. The number of aromatic hydroxyl groups is 1. The average Bonchev–Trinajstić information content (AvgIpc) is 2.19. The van der Waals surface area contributed by atoms with Gasteiger partial charge in [-0.25, -0.2) is 0 Å². The number of para-hydroxylation sites is 1. The molecule has 0 saturated heterocycles. The highest BCUT2D eigenvalue weighted by Gasteiger charge is 1.99. The normalized spacial score (nSPS) is 11.2. The molecule has 0 spiro atoms. The number of nitrogens with zero attached hydrogens (tertiary/aromatic N) is 1. The van der Waals surface area contributed by atoms with Crippen LogP contribution in [-0.2, 0) is 11.3 Å². The van der Waals surface area contributed by atoms with Crippen LogP contribution in [0.2, 0.25) is 0 Å². The summed E-state index contributed by atoms with van der Waals surface area (Å²) in [6.45, 7) is 2.12. The van der Waals surface area contributed by atoms with Gasteiger partial charge in [-0.2, -0.15) is 5.10 Å². The first-order valence-corrected chi connectivity index (χ1v) is 4.91. The van der Waals surface area contributed by atoms with E-state index >= 15 is 0 Å². The molecule has 0 bridgehead atoms. The third kappa shape index (κ3) is 4.00. The molecule has 86 valence electrons. The maximum Gasteiger partial charge on any atom is 0.223 e. The second-order valence-electron chi connectivity index (χ2n) is 3.45. The van der Waals surface area contributed by atoms with E-state index in [9.17, 15) is 9.90 Å². The van der Waals surface area contributed by atoms with Gasteiger partial charge < -0.3 is 16.3 Å². The zero-order valence-electron chi connectivity index (χ0n) is 9.10. The third-order valence-corrected chi connectivity index (χ3v) is 1.96. The SMILES string of the molecule is C/C(CC(N)=O)=N\NCc1ccccc1O. The van der Waals surface area contributed by atoms with Crippen LogP contribution in [0.1, 0.15) is 18.9 Å². The molecule has 0 saturated carbocycles. The highest BCUT2D eigenvalue weighted by atomic mass is 16.3. The van der Waals surface area contributed by atoms with Gasteiger partial charge in [0.25, 0.3) is 0 Å². The highest BCUT2D eigenvalue weighted by Crippen LogP contribution is 2.14. The van der Waals surface area contributed by atoms with Gasteiger partial charge in [-0.15, -0.1) is 0 Å². The number of carbonyl (C=O) groups excluding carboxylic acids is 1. The fourth-order valence-corrected chi connectivity index (χ4v) is 1.21. The lowest BCUT2D eigenvalue weighted by atomic mass is 10.2. The minimum absolute atomic E-state index is 0.133. The zero-order chi connectivity index (χ0) is 12.0. The van der Waals surface area contributed by atoms with Gasteiger partial charge in [0.15, 0.2) is 0 Å². The smallest absolute Gasteiger partial charge is 0.223 e. The number of hydrazone groups is 1. The average molecular weight is 221 g/mol. The van der Waals surface area contributed by atoms with Crippen LogP contribution in [-0.4, -0.2) is 16.7 Å². The Labute approximate surface area is 94.0 Å². The van der Waals surface area contributed by atoms with Crippen LogP contribution in [0.25, 0.3) is 0 Å². The minimum atomic E-state index is -0.411. The van der Waals surface area contributed by atoms with E-state index in [0.717, 1.165) is 5.56 Å². The van der Waals surface area contributed by atoms with Crippen molar-refractivity contribution in [1.82, 2.24) is 5.43 Å². The number of phenolic OH excluding ortho intramolecular Hbond substituents is 1. The number of phenols is 1. The molecular weight excluding hydrogens is 206 g/mol. The van der Waals surface area contributed by atoms with Crippen molar-refractivity contribution in [2.75, 3.05) is 0 Å². The Morgan fingerprint density at radius 1 is 1.50 bits per heavy atom. The van der Waals surface area contributed by atoms with E-state index in [1.54, 1.807) is 25.1 Å². The summed E-state index contributed by atoms with van der Waals surface area (Å²) in [6.07, 6.45) is 0.133. The summed E-state index contributed by atoms with van der Waals surface area (Å²) < 4.78 is 0. The minimum Gasteiger partial charge on any atom is -0.508 e. The maximum absolute atomic E-state index is 10.6. The van der Waals surface area contributed by atoms with Crippen LogP contribution in [0.15, 0.2) is 29.4 Å². The predicted octanol–water partition coefficient (Wildman–Crippen LogP) is 0.733. The second kappa shape index (κ2) is 5.75. The van der Waals surface area contributed by atoms with Crippen molar-refractivity contribution < 1.29 is 9.90 Å². The largest absolute Gasteiger partial charge is 0.508 e. The number of hydrogen-bond donors (Lipinski definition) is 3. The molecule has 0 unspecified atom stereocenters. The lowest BCUT2D eigenvalue weighted by molar-refractivity contribution is -0.116. The van der Waals surface area contributed by atoms with Crippen LogP contribution in [0.5, 0.6) is 5.75 Å². The highest BCUT2D eigenvalue weighted by molar-refractivity contribution is 5.98. The molecule has 1 aromatic rings. The standard InChI is InChI=1S/C11H15N3O2/c1-8(6-11(12)16)14-13-7-9-4-2-3-5-10(9)15/h2-5,13,15H,6-7H2,1H3,(H2,12,16)/b14-8+. The molecule has 0 fully saturated rings. The van der Waals surface area contributed by atoms with E-state index in [1.165, 1.54) is 0 Å². The van der Waals surface area contributed by atoms with Crippen LogP contribution in [0.4, 0.5) is 0 Å². The van der Waals surface area contributed by atoms with Gasteiger partial charge in [-0.3, -0.25) is 4.79 Å². The Morgan fingerprint density at radius 2 is 2.19 bits per heavy atom. The Balaban J connectivity index is 2.47. The maximum atomic E-state index is 10.6.